The average Bonchev–Trinajstić information content (AvgIpc) is 2.23. The van der Waals surface area contributed by atoms with Gasteiger partial charge in [-0.15, -0.1) is 0 Å². The molecule has 90 valence electrons. The van der Waals surface area contributed by atoms with Crippen molar-refractivity contribution in [2.24, 2.45) is 7.05 Å². The number of nitrogens with zero attached hydrogens (tertiary/aromatic N) is 2. The molecule has 0 spiro atoms. The number of halogens is 1. The van der Waals surface area contributed by atoms with Crippen LogP contribution in [0.15, 0.2) is 11.0 Å². The fraction of sp³-hybridized carbons (Fsp3) is 0.600. The highest BCUT2D eigenvalue weighted by Gasteiger charge is 2.06. The third-order valence-corrected chi connectivity index (χ3v) is 2.44. The van der Waals surface area contributed by atoms with Gasteiger partial charge in [0.15, 0.2) is 0 Å². The maximum absolute atomic E-state index is 11.4. The smallest absolute Gasteiger partial charge is 0.287 e. The molecule has 0 saturated carbocycles. The molecule has 6 heteroatoms. The molecule has 1 aromatic heterocycles. The first kappa shape index (κ1) is 13.0. The Morgan fingerprint density at radius 3 is 2.81 bits per heavy atom. The first-order valence-electron chi connectivity index (χ1n) is 5.21. The Labute approximate surface area is 99.8 Å². The summed E-state index contributed by atoms with van der Waals surface area (Å²) in [5.41, 5.74) is 0.291. The van der Waals surface area contributed by atoms with Crippen LogP contribution in [-0.2, 0) is 7.05 Å². The Balaban J connectivity index is 2.55. The van der Waals surface area contributed by atoms with Crippen LogP contribution in [0.25, 0.3) is 0 Å². The lowest BCUT2D eigenvalue weighted by atomic mass is 10.4. The van der Waals surface area contributed by atoms with Crippen molar-refractivity contribution in [3.05, 3.63) is 21.6 Å². The minimum atomic E-state index is -0.288. The molecule has 0 fully saturated rings. The van der Waals surface area contributed by atoms with Gasteiger partial charge in [-0.05, 0) is 0 Å². The molecule has 0 unspecified atom stereocenters. The Morgan fingerprint density at radius 1 is 1.50 bits per heavy atom. The lowest BCUT2D eigenvalue weighted by Crippen LogP contribution is -2.29. The van der Waals surface area contributed by atoms with Crippen LogP contribution >= 0.6 is 11.6 Å². The molecule has 1 heterocycles. The van der Waals surface area contributed by atoms with Crippen molar-refractivity contribution in [2.45, 2.75) is 19.9 Å². The second-order valence-corrected chi connectivity index (χ2v) is 4.21. The summed E-state index contributed by atoms with van der Waals surface area (Å²) < 4.78 is 1.21. The van der Waals surface area contributed by atoms with Crippen LogP contribution in [0.3, 0.4) is 0 Å². The number of aromatic nitrogens is 2. The van der Waals surface area contributed by atoms with E-state index in [2.05, 4.69) is 29.6 Å². The van der Waals surface area contributed by atoms with Crippen LogP contribution in [0, 0.1) is 0 Å². The molecule has 1 rings (SSSR count). The van der Waals surface area contributed by atoms with Crippen molar-refractivity contribution in [1.82, 2.24) is 15.1 Å². The molecule has 16 heavy (non-hydrogen) atoms. The van der Waals surface area contributed by atoms with E-state index in [1.165, 1.54) is 4.68 Å². The molecule has 0 amide bonds. The highest BCUT2D eigenvalue weighted by Crippen LogP contribution is 2.13. The maximum Gasteiger partial charge on any atom is 0.287 e. The van der Waals surface area contributed by atoms with Gasteiger partial charge in [0.2, 0.25) is 0 Å². The lowest BCUT2D eigenvalue weighted by molar-refractivity contribution is 0.602. The molecule has 0 aliphatic rings. The molecule has 2 N–H and O–H groups in total. The Bertz CT molecular complexity index is 402. The highest BCUT2D eigenvalue weighted by molar-refractivity contribution is 6.32. The second kappa shape index (κ2) is 5.86. The summed E-state index contributed by atoms with van der Waals surface area (Å²) in [6, 6.07) is 0.444. The van der Waals surface area contributed by atoms with Crippen molar-refractivity contribution in [2.75, 3.05) is 18.4 Å². The second-order valence-electron chi connectivity index (χ2n) is 3.84. The number of aryl methyl sites for hydroxylation is 1. The predicted molar refractivity (Wildman–Crippen MR) is 66.1 cm³/mol. The average molecular weight is 245 g/mol. The summed E-state index contributed by atoms with van der Waals surface area (Å²) in [5.74, 6) is 0. The fourth-order valence-electron chi connectivity index (χ4n) is 1.19. The third kappa shape index (κ3) is 3.50. The number of anilines is 1. The van der Waals surface area contributed by atoms with Crippen LogP contribution in [-0.4, -0.2) is 28.9 Å². The number of nitrogens with one attached hydrogen (secondary N) is 2. The molecular weight excluding hydrogens is 228 g/mol. The lowest BCUT2D eigenvalue weighted by Gasteiger charge is -2.10. The van der Waals surface area contributed by atoms with Gasteiger partial charge in [-0.3, -0.25) is 4.79 Å². The number of hydrogen-bond acceptors (Lipinski definition) is 4. The quantitative estimate of drug-likeness (QED) is 0.754. The Hall–Kier alpha value is -1.07. The maximum atomic E-state index is 11.4. The normalized spacial score (nSPS) is 10.8. The molecule has 0 atom stereocenters. The van der Waals surface area contributed by atoms with Crippen molar-refractivity contribution in [3.8, 4) is 0 Å². The zero-order valence-corrected chi connectivity index (χ0v) is 10.5. The van der Waals surface area contributed by atoms with Gasteiger partial charge < -0.3 is 10.6 Å². The zero-order valence-electron chi connectivity index (χ0n) is 9.75. The molecule has 0 aliphatic carbocycles. The Kier molecular flexibility index (Phi) is 4.76. The molecule has 0 bridgehead atoms. The summed E-state index contributed by atoms with van der Waals surface area (Å²) in [6.45, 7) is 5.66. The molecule has 0 aromatic carbocycles. The van der Waals surface area contributed by atoms with E-state index in [9.17, 15) is 4.79 Å². The molecular formula is C10H17ClN4O. The topological polar surface area (TPSA) is 59.0 Å². The first-order valence-corrected chi connectivity index (χ1v) is 5.59. The van der Waals surface area contributed by atoms with Gasteiger partial charge in [0.1, 0.15) is 5.02 Å². The molecule has 0 radical (unpaired) electrons. The summed E-state index contributed by atoms with van der Waals surface area (Å²) in [5, 5.41) is 10.4. The van der Waals surface area contributed by atoms with Gasteiger partial charge in [0.05, 0.1) is 11.9 Å². The van der Waals surface area contributed by atoms with E-state index < -0.39 is 0 Å². The Morgan fingerprint density at radius 2 is 2.19 bits per heavy atom. The van der Waals surface area contributed by atoms with Crippen LogP contribution in [0.2, 0.25) is 5.02 Å². The van der Waals surface area contributed by atoms with Gasteiger partial charge in [0.25, 0.3) is 5.56 Å². The molecule has 5 nitrogen and oxygen atoms in total. The van der Waals surface area contributed by atoms with Gasteiger partial charge in [-0.1, -0.05) is 25.4 Å². The third-order valence-electron chi connectivity index (χ3n) is 2.07. The molecule has 0 saturated heterocycles. The van der Waals surface area contributed by atoms with Crippen LogP contribution < -0.4 is 16.2 Å². The summed E-state index contributed by atoms with van der Waals surface area (Å²) in [7, 11) is 1.57. The van der Waals surface area contributed by atoms with Gasteiger partial charge >= 0.3 is 0 Å². The summed E-state index contributed by atoms with van der Waals surface area (Å²) in [6.07, 6.45) is 1.55. The monoisotopic (exact) mass is 244 g/mol. The van der Waals surface area contributed by atoms with Crippen molar-refractivity contribution < 1.29 is 0 Å². The largest absolute Gasteiger partial charge is 0.381 e. The minimum Gasteiger partial charge on any atom is -0.381 e. The van der Waals surface area contributed by atoms with E-state index in [1.807, 2.05) is 0 Å². The van der Waals surface area contributed by atoms with Gasteiger partial charge in [0, 0.05) is 26.2 Å². The highest BCUT2D eigenvalue weighted by atomic mass is 35.5. The minimum absolute atomic E-state index is 0.182. The van der Waals surface area contributed by atoms with Crippen molar-refractivity contribution in [1.29, 1.82) is 0 Å². The number of hydrogen-bond donors (Lipinski definition) is 2. The zero-order chi connectivity index (χ0) is 12.1. The van der Waals surface area contributed by atoms with Gasteiger partial charge in [-0.25, -0.2) is 4.68 Å². The van der Waals surface area contributed by atoms with Crippen LogP contribution in [0.5, 0.6) is 0 Å². The van der Waals surface area contributed by atoms with Crippen LogP contribution in [0.1, 0.15) is 13.8 Å². The summed E-state index contributed by atoms with van der Waals surface area (Å²) >= 11 is 5.88. The van der Waals surface area contributed by atoms with E-state index in [0.717, 1.165) is 6.54 Å². The standard InChI is InChI=1S/C10H17ClN4O/c1-7(2)12-4-5-13-8-6-14-15(3)10(16)9(8)11/h6-7,12-13H,4-5H2,1-3H3. The molecule has 1 aromatic rings. The fourth-order valence-corrected chi connectivity index (χ4v) is 1.43. The van der Waals surface area contributed by atoms with E-state index in [0.29, 0.717) is 18.3 Å². The number of rotatable bonds is 5. The molecule has 0 aliphatic heterocycles. The van der Waals surface area contributed by atoms with E-state index in [1.54, 1.807) is 13.2 Å². The SMILES string of the molecule is CC(C)NCCNc1cnn(C)c(=O)c1Cl. The van der Waals surface area contributed by atoms with Gasteiger partial charge in [-0.2, -0.15) is 5.10 Å². The summed E-state index contributed by atoms with van der Waals surface area (Å²) in [4.78, 5) is 11.4. The van der Waals surface area contributed by atoms with E-state index in [4.69, 9.17) is 11.6 Å². The van der Waals surface area contributed by atoms with E-state index >= 15 is 0 Å². The van der Waals surface area contributed by atoms with Crippen molar-refractivity contribution >= 4 is 17.3 Å². The van der Waals surface area contributed by atoms with E-state index in [-0.39, 0.29) is 10.6 Å². The first-order chi connectivity index (χ1) is 7.52. The predicted octanol–water partition coefficient (Wildman–Crippen LogP) is 0.844. The van der Waals surface area contributed by atoms with Crippen molar-refractivity contribution in [3.63, 3.8) is 0 Å². The van der Waals surface area contributed by atoms with Crippen LogP contribution in [0.4, 0.5) is 5.69 Å².